The molecular formula is C13H17N3O2. The van der Waals surface area contributed by atoms with E-state index in [0.717, 1.165) is 24.2 Å². The van der Waals surface area contributed by atoms with Crippen molar-refractivity contribution in [1.82, 2.24) is 0 Å². The minimum atomic E-state index is -0.428. The first-order valence-corrected chi connectivity index (χ1v) is 5.83. The van der Waals surface area contributed by atoms with Crippen LogP contribution in [0, 0.1) is 0 Å². The first kappa shape index (κ1) is 12.4. The summed E-state index contributed by atoms with van der Waals surface area (Å²) in [7, 11) is 0. The van der Waals surface area contributed by atoms with E-state index in [1.165, 1.54) is 0 Å². The number of aryl methyl sites for hydroxylation is 1. The molecular weight excluding hydrogens is 230 g/mol. The number of hydrogen-bond acceptors (Lipinski definition) is 2. The molecule has 1 amide bonds. The van der Waals surface area contributed by atoms with Crippen molar-refractivity contribution in [2.75, 3.05) is 0 Å². The van der Waals surface area contributed by atoms with E-state index < -0.39 is 5.91 Å². The van der Waals surface area contributed by atoms with Crippen molar-refractivity contribution in [2.45, 2.75) is 32.3 Å². The molecule has 2 rings (SSSR count). The van der Waals surface area contributed by atoms with Gasteiger partial charge in [-0.05, 0) is 50.5 Å². The summed E-state index contributed by atoms with van der Waals surface area (Å²) in [6, 6.07) is 5.26. The Balaban J connectivity index is 2.29. The van der Waals surface area contributed by atoms with E-state index in [-0.39, 0.29) is 11.6 Å². The molecule has 1 heterocycles. The van der Waals surface area contributed by atoms with E-state index in [2.05, 4.69) is 18.8 Å². The summed E-state index contributed by atoms with van der Waals surface area (Å²) in [5.74, 6) is 0.172. The number of nitrogens with two attached hydrogens (primary N) is 2. The van der Waals surface area contributed by atoms with Gasteiger partial charge in [0, 0.05) is 5.56 Å². The second kappa shape index (κ2) is 4.33. The topological polar surface area (TPSA) is 90.7 Å². The van der Waals surface area contributed by atoms with E-state index in [1.807, 2.05) is 0 Å². The number of fused-ring (bicyclic) bond motifs is 1. The molecule has 0 saturated heterocycles. The SMILES string of the molecule is CC1(C)CCc2cc(C(=O)N=C(N)N)ccc2O1. The molecule has 0 unspecified atom stereocenters. The van der Waals surface area contributed by atoms with Gasteiger partial charge in [-0.25, -0.2) is 0 Å². The van der Waals surface area contributed by atoms with Gasteiger partial charge >= 0.3 is 0 Å². The van der Waals surface area contributed by atoms with Gasteiger partial charge < -0.3 is 16.2 Å². The summed E-state index contributed by atoms with van der Waals surface area (Å²) >= 11 is 0. The molecule has 0 aliphatic carbocycles. The molecule has 0 aromatic heterocycles. The molecule has 1 aliphatic heterocycles. The Hall–Kier alpha value is -2.04. The molecule has 96 valence electrons. The predicted octanol–water partition coefficient (Wildman–Crippen LogP) is 1.20. The van der Waals surface area contributed by atoms with E-state index >= 15 is 0 Å². The highest BCUT2D eigenvalue weighted by Crippen LogP contribution is 2.33. The molecule has 0 radical (unpaired) electrons. The Morgan fingerprint density at radius 3 is 2.78 bits per heavy atom. The van der Waals surface area contributed by atoms with Crippen LogP contribution < -0.4 is 16.2 Å². The Kier molecular flexibility index (Phi) is 2.98. The summed E-state index contributed by atoms with van der Waals surface area (Å²) in [5.41, 5.74) is 11.7. The quantitative estimate of drug-likeness (QED) is 0.576. The maximum atomic E-state index is 11.7. The molecule has 18 heavy (non-hydrogen) atoms. The standard InChI is InChI=1S/C13H17N3O2/c1-13(2)6-5-8-7-9(3-4-10(8)18-13)11(17)16-12(14)15/h3-4,7H,5-6H2,1-2H3,(H4,14,15,16,17). The minimum absolute atomic E-state index is 0.154. The number of benzene rings is 1. The number of guanidine groups is 1. The van der Waals surface area contributed by atoms with Crippen LogP contribution in [0.25, 0.3) is 0 Å². The van der Waals surface area contributed by atoms with Crippen molar-refractivity contribution < 1.29 is 9.53 Å². The third kappa shape index (κ3) is 2.61. The van der Waals surface area contributed by atoms with E-state index in [4.69, 9.17) is 16.2 Å². The number of rotatable bonds is 1. The van der Waals surface area contributed by atoms with Crippen LogP contribution in [-0.4, -0.2) is 17.5 Å². The number of nitrogens with zero attached hydrogens (tertiary/aromatic N) is 1. The lowest BCUT2D eigenvalue weighted by Crippen LogP contribution is -2.32. The lowest BCUT2D eigenvalue weighted by Gasteiger charge is -2.32. The average molecular weight is 247 g/mol. The number of amides is 1. The van der Waals surface area contributed by atoms with Crippen LogP contribution in [0.1, 0.15) is 36.2 Å². The van der Waals surface area contributed by atoms with Gasteiger partial charge in [0.25, 0.3) is 5.91 Å². The first-order valence-electron chi connectivity index (χ1n) is 5.83. The number of carbonyl (C=O) groups is 1. The van der Waals surface area contributed by atoms with Gasteiger partial charge in [-0.2, -0.15) is 4.99 Å². The van der Waals surface area contributed by atoms with Crippen LogP contribution in [0.5, 0.6) is 5.75 Å². The fourth-order valence-electron chi connectivity index (χ4n) is 1.97. The fraction of sp³-hybridized carbons (Fsp3) is 0.385. The Morgan fingerprint density at radius 2 is 2.11 bits per heavy atom. The van der Waals surface area contributed by atoms with Gasteiger partial charge in [0.1, 0.15) is 11.4 Å². The Bertz CT molecular complexity index is 517. The summed E-state index contributed by atoms with van der Waals surface area (Å²) in [6.07, 6.45) is 1.80. The molecule has 0 atom stereocenters. The monoisotopic (exact) mass is 247 g/mol. The minimum Gasteiger partial charge on any atom is -0.488 e. The van der Waals surface area contributed by atoms with Crippen molar-refractivity contribution in [2.24, 2.45) is 16.5 Å². The highest BCUT2D eigenvalue weighted by molar-refractivity contribution is 6.02. The largest absolute Gasteiger partial charge is 0.488 e. The van der Waals surface area contributed by atoms with E-state index in [9.17, 15) is 4.79 Å². The Morgan fingerprint density at radius 1 is 1.39 bits per heavy atom. The second-order valence-corrected chi connectivity index (χ2v) is 5.03. The number of carbonyl (C=O) groups excluding carboxylic acids is 1. The molecule has 0 saturated carbocycles. The maximum absolute atomic E-state index is 11.7. The molecule has 4 N–H and O–H groups in total. The lowest BCUT2D eigenvalue weighted by molar-refractivity contribution is 0.0846. The van der Waals surface area contributed by atoms with Crippen LogP contribution in [0.2, 0.25) is 0 Å². The van der Waals surface area contributed by atoms with Gasteiger partial charge in [-0.3, -0.25) is 4.79 Å². The van der Waals surface area contributed by atoms with Crippen LogP contribution in [0.3, 0.4) is 0 Å². The zero-order valence-electron chi connectivity index (χ0n) is 10.6. The van der Waals surface area contributed by atoms with Crippen LogP contribution in [-0.2, 0) is 6.42 Å². The van der Waals surface area contributed by atoms with Crippen molar-refractivity contribution >= 4 is 11.9 Å². The summed E-state index contributed by atoms with van der Waals surface area (Å²) < 4.78 is 5.84. The van der Waals surface area contributed by atoms with Gasteiger partial charge in [0.05, 0.1) is 0 Å². The smallest absolute Gasteiger partial charge is 0.280 e. The second-order valence-electron chi connectivity index (χ2n) is 5.03. The number of aliphatic imine (C=N–C) groups is 1. The molecule has 5 heteroatoms. The zero-order valence-corrected chi connectivity index (χ0v) is 10.6. The van der Waals surface area contributed by atoms with Gasteiger partial charge in [-0.15, -0.1) is 0 Å². The summed E-state index contributed by atoms with van der Waals surface area (Å²) in [6.45, 7) is 4.10. The summed E-state index contributed by atoms with van der Waals surface area (Å²) in [4.78, 5) is 15.2. The van der Waals surface area contributed by atoms with Gasteiger partial charge in [0.2, 0.25) is 0 Å². The number of ether oxygens (including phenoxy) is 1. The normalized spacial score (nSPS) is 16.3. The van der Waals surface area contributed by atoms with Crippen molar-refractivity contribution in [3.8, 4) is 5.75 Å². The van der Waals surface area contributed by atoms with Gasteiger partial charge in [0.15, 0.2) is 5.96 Å². The molecule has 1 aliphatic rings. The van der Waals surface area contributed by atoms with Gasteiger partial charge in [-0.1, -0.05) is 0 Å². The predicted molar refractivity (Wildman–Crippen MR) is 69.6 cm³/mol. The van der Waals surface area contributed by atoms with E-state index in [0.29, 0.717) is 5.56 Å². The molecule has 0 fully saturated rings. The molecule has 0 spiro atoms. The Labute approximate surface area is 106 Å². The molecule has 0 bridgehead atoms. The van der Waals surface area contributed by atoms with Crippen molar-refractivity contribution in [1.29, 1.82) is 0 Å². The van der Waals surface area contributed by atoms with Crippen LogP contribution in [0.15, 0.2) is 23.2 Å². The highest BCUT2D eigenvalue weighted by atomic mass is 16.5. The van der Waals surface area contributed by atoms with Crippen molar-refractivity contribution in [3.63, 3.8) is 0 Å². The molecule has 1 aromatic rings. The van der Waals surface area contributed by atoms with E-state index in [1.54, 1.807) is 18.2 Å². The maximum Gasteiger partial charge on any atom is 0.280 e. The molecule has 1 aromatic carbocycles. The third-order valence-electron chi connectivity index (χ3n) is 2.92. The van der Waals surface area contributed by atoms with Crippen LogP contribution >= 0.6 is 0 Å². The summed E-state index contributed by atoms with van der Waals surface area (Å²) in [5, 5.41) is 0. The van der Waals surface area contributed by atoms with Crippen molar-refractivity contribution in [3.05, 3.63) is 29.3 Å². The number of hydrogen-bond donors (Lipinski definition) is 2. The van der Waals surface area contributed by atoms with Crippen LogP contribution in [0.4, 0.5) is 0 Å². The fourth-order valence-corrected chi connectivity index (χ4v) is 1.97. The zero-order chi connectivity index (χ0) is 13.3. The highest BCUT2D eigenvalue weighted by Gasteiger charge is 2.26. The lowest BCUT2D eigenvalue weighted by atomic mass is 9.93. The third-order valence-corrected chi connectivity index (χ3v) is 2.92. The average Bonchev–Trinajstić information content (AvgIpc) is 2.26. The first-order chi connectivity index (χ1) is 8.37. The molecule has 5 nitrogen and oxygen atoms in total.